The third kappa shape index (κ3) is 6.97. The summed E-state index contributed by atoms with van der Waals surface area (Å²) in [5.41, 5.74) is -2.58. The first-order valence-corrected chi connectivity index (χ1v) is 30.9. The van der Waals surface area contributed by atoms with Crippen molar-refractivity contribution in [3.05, 3.63) is 82.4 Å². The number of carbonyl (C=O) groups is 2. The van der Waals surface area contributed by atoms with Gasteiger partial charge in [-0.15, -0.1) is 0 Å². The minimum absolute atomic E-state index is 0.0685. The molecule has 9 nitrogen and oxygen atoms in total. The highest BCUT2D eigenvalue weighted by Gasteiger charge is 2.85. The van der Waals surface area contributed by atoms with Crippen molar-refractivity contribution < 1.29 is 39.5 Å². The standard InChI is InChI=1S/C67H87NO8/c1-41(44-13-6-7-14-44)46-19-20-54-60-62(34-43(29-49(62)23-28-75-60)18-17-42-11-4-3-5-12-42)39-64(40-70)56-22-27-63-38-61(24-8-9-25-61)26-21-45-15-10-16-47(37-69)51(45)32-55(68-2)52-31-48(58(63)53-33-57(71)76-59(52)53)35-66(63,73)65(56,72)36-50(30-46)67(54,64)74/h3-5,10-12,15-16,33,40-41,43-44,46,48-50,52,54-56,58-60,68-69,72-74H,6-9,13-14,17-20,22-25,27-32,34-39H2,1-2H3/t41-,43+,46+,48+,49+,50+,52+,54-,55+,56+,58+,59-,60+,62-,63-,64-,65-,66+,67-/m0/s1. The van der Waals surface area contributed by atoms with Crippen molar-refractivity contribution in [3.8, 4) is 11.8 Å². The van der Waals surface area contributed by atoms with Crippen molar-refractivity contribution in [1.29, 1.82) is 0 Å². The van der Waals surface area contributed by atoms with Gasteiger partial charge in [-0.25, -0.2) is 4.79 Å². The van der Waals surface area contributed by atoms with Crippen LogP contribution in [0.3, 0.4) is 0 Å². The first-order chi connectivity index (χ1) is 36.8. The molecule has 1 saturated heterocycles. The van der Waals surface area contributed by atoms with Crippen molar-refractivity contribution in [2.45, 2.75) is 203 Å². The smallest absolute Gasteiger partial charge is 0.331 e. The Hall–Kier alpha value is -3.36. The van der Waals surface area contributed by atoms with Crippen LogP contribution in [0.1, 0.15) is 170 Å². The Kier molecular flexibility index (Phi) is 12.3. The first kappa shape index (κ1) is 50.8. The molecule has 0 unspecified atom stereocenters. The van der Waals surface area contributed by atoms with Gasteiger partial charge in [0.1, 0.15) is 18.0 Å². The number of aliphatic hydroxyl groups excluding tert-OH is 1. The highest BCUT2D eigenvalue weighted by atomic mass is 16.5. The lowest BCUT2D eigenvalue weighted by molar-refractivity contribution is -0.364. The zero-order chi connectivity index (χ0) is 52.0. The van der Waals surface area contributed by atoms with Crippen LogP contribution in [0, 0.1) is 98.6 Å². The average molecular weight is 1030 g/mol. The van der Waals surface area contributed by atoms with Gasteiger partial charge in [-0.3, -0.25) is 0 Å². The lowest BCUT2D eigenvalue weighted by Gasteiger charge is -2.75. The van der Waals surface area contributed by atoms with Crippen molar-refractivity contribution in [2.75, 3.05) is 13.7 Å². The van der Waals surface area contributed by atoms with E-state index in [1.807, 2.05) is 19.2 Å². The lowest BCUT2D eigenvalue weighted by Crippen LogP contribution is -2.83. The number of fused-ring (bicyclic) bond motifs is 5. The molecule has 3 spiro atoms. The van der Waals surface area contributed by atoms with Crippen LogP contribution in [0.15, 0.2) is 60.2 Å². The molecule has 9 saturated carbocycles. The number of benzene rings is 2. The number of hydrogen-bond donors (Lipinski definition) is 5. The van der Waals surface area contributed by atoms with Gasteiger partial charge in [0, 0.05) is 58.3 Å². The van der Waals surface area contributed by atoms with E-state index in [1.54, 1.807) is 6.08 Å². The molecule has 5 N–H and O–H groups in total. The van der Waals surface area contributed by atoms with Gasteiger partial charge in [0.2, 0.25) is 0 Å². The van der Waals surface area contributed by atoms with Crippen molar-refractivity contribution in [3.63, 3.8) is 0 Å². The molecular formula is C67H87NO8. The van der Waals surface area contributed by atoms with E-state index in [4.69, 9.17) is 9.47 Å². The molecule has 10 fully saturated rings. The number of nitrogens with one attached hydrogen (secondary N) is 1. The highest BCUT2D eigenvalue weighted by molar-refractivity contribution is 5.86. The van der Waals surface area contributed by atoms with E-state index in [0.29, 0.717) is 81.1 Å². The molecule has 2 aromatic carbocycles. The molecule has 0 radical (unpaired) electrons. The fourth-order valence-corrected chi connectivity index (χ4v) is 23.1. The molecule has 19 atom stereocenters. The summed E-state index contributed by atoms with van der Waals surface area (Å²) in [5, 5.41) is 59.5. The summed E-state index contributed by atoms with van der Waals surface area (Å²) in [5.74, 6) is 7.91. The third-order valence-electron chi connectivity index (χ3n) is 26.0. The number of aldehydes is 1. The Balaban J connectivity index is 0.944. The summed E-state index contributed by atoms with van der Waals surface area (Å²) in [6.45, 7) is 3.07. The number of ether oxygens (including phenoxy) is 2. The maximum absolute atomic E-state index is 15.5. The Labute approximate surface area is 452 Å². The fourth-order valence-electron chi connectivity index (χ4n) is 23.1. The number of aliphatic hydroxyl groups is 4. The van der Waals surface area contributed by atoms with Gasteiger partial charge in [0.15, 0.2) is 0 Å². The normalized spacial score (nSPS) is 46.9. The van der Waals surface area contributed by atoms with E-state index in [1.165, 1.54) is 37.5 Å². The SMILES string of the molecule is CN[C@@H]1Cc2c(cccc2CO)C#CC2(CCCC2)C[C@]23CC[C@H]4[C@@](O)(C[C@H]5C[C@H]([C@@H](C)C6CCCC6)CC[C@H]6[C@H]7OCC[C@@H]8C[C@@H](CCc9ccccc9)C[C@]87C[C@@]4(C=O)[C@]56O)[C@@]2(O)C[C@H]2C[C@H]1[C@@H]1OC(=O)C=C1[C@@H]23. The molecular weight excluding hydrogens is 947 g/mol. The van der Waals surface area contributed by atoms with Crippen LogP contribution in [0.25, 0.3) is 0 Å². The van der Waals surface area contributed by atoms with Crippen molar-refractivity contribution in [1.82, 2.24) is 5.32 Å². The summed E-state index contributed by atoms with van der Waals surface area (Å²) in [7, 11) is 1.99. The van der Waals surface area contributed by atoms with Gasteiger partial charge in [-0.05, 0) is 198 Å². The van der Waals surface area contributed by atoms with E-state index < -0.39 is 51.0 Å². The molecule has 9 heteroatoms. The number of esters is 1. The summed E-state index contributed by atoms with van der Waals surface area (Å²) >= 11 is 0. The summed E-state index contributed by atoms with van der Waals surface area (Å²) in [6, 6.07) is 16.8. The van der Waals surface area contributed by atoms with Crippen LogP contribution in [0.4, 0.5) is 0 Å². The van der Waals surface area contributed by atoms with Gasteiger partial charge >= 0.3 is 5.97 Å². The molecule has 11 aliphatic carbocycles. The fraction of sp³-hybridized carbons (Fsp3) is 0.731. The quantitative estimate of drug-likeness (QED) is 0.0992. The molecule has 2 heterocycles. The number of rotatable bonds is 8. The largest absolute Gasteiger partial charge is 0.454 e. The second kappa shape index (κ2) is 18.3. The summed E-state index contributed by atoms with van der Waals surface area (Å²) < 4.78 is 13.8. The van der Waals surface area contributed by atoms with Crippen LogP contribution in [-0.4, -0.2) is 81.4 Å². The third-order valence-corrected chi connectivity index (χ3v) is 26.0. The van der Waals surface area contributed by atoms with Gasteiger partial charge in [0.25, 0.3) is 0 Å². The summed E-state index contributed by atoms with van der Waals surface area (Å²) in [6.07, 6.45) is 22.9. The number of likely N-dealkylation sites (N-methyl/N-ethyl adjacent to an activating group) is 1. The molecule has 15 rings (SSSR count). The summed E-state index contributed by atoms with van der Waals surface area (Å²) in [4.78, 5) is 29.5. The molecule has 0 aromatic heterocycles. The molecule has 13 aliphatic rings. The first-order valence-electron chi connectivity index (χ1n) is 30.9. The second-order valence-electron chi connectivity index (χ2n) is 28.5. The Morgan fingerprint density at radius 2 is 1.67 bits per heavy atom. The Morgan fingerprint density at radius 1 is 0.855 bits per heavy atom. The van der Waals surface area contributed by atoms with Crippen LogP contribution < -0.4 is 5.32 Å². The monoisotopic (exact) mass is 1030 g/mol. The van der Waals surface area contributed by atoms with Crippen LogP contribution in [0.5, 0.6) is 0 Å². The van der Waals surface area contributed by atoms with E-state index >= 15 is 15.0 Å². The maximum atomic E-state index is 15.5. The van der Waals surface area contributed by atoms with E-state index in [9.17, 15) is 15.0 Å². The predicted molar refractivity (Wildman–Crippen MR) is 290 cm³/mol. The van der Waals surface area contributed by atoms with Gasteiger partial charge in [-0.2, -0.15) is 0 Å². The Morgan fingerprint density at radius 3 is 2.45 bits per heavy atom. The van der Waals surface area contributed by atoms with Crippen LogP contribution >= 0.6 is 0 Å². The second-order valence-corrected chi connectivity index (χ2v) is 28.5. The van der Waals surface area contributed by atoms with Gasteiger partial charge in [-0.1, -0.05) is 99.8 Å². The predicted octanol–water partition coefficient (Wildman–Crippen LogP) is 10.0. The molecule has 2 aliphatic heterocycles. The highest BCUT2D eigenvalue weighted by Crippen LogP contribution is 2.81. The zero-order valence-electron chi connectivity index (χ0n) is 45.7. The van der Waals surface area contributed by atoms with Crippen LogP contribution in [-0.2, 0) is 38.5 Å². The molecule has 4 bridgehead atoms. The van der Waals surface area contributed by atoms with Crippen LogP contribution in [0.2, 0.25) is 0 Å². The maximum Gasteiger partial charge on any atom is 0.331 e. The topological polar surface area (TPSA) is 146 Å². The van der Waals surface area contributed by atoms with E-state index in [-0.39, 0.29) is 60.2 Å². The molecule has 2 aromatic rings. The average Bonchev–Trinajstić information content (AvgIpc) is 4.09. The minimum Gasteiger partial charge on any atom is -0.454 e. The van der Waals surface area contributed by atoms with Gasteiger partial charge < -0.3 is 40.0 Å². The Bertz CT molecular complexity index is 2700. The number of aryl methyl sites for hydroxylation is 1. The van der Waals surface area contributed by atoms with E-state index in [2.05, 4.69) is 60.5 Å². The van der Waals surface area contributed by atoms with E-state index in [0.717, 1.165) is 99.3 Å². The van der Waals surface area contributed by atoms with Crippen molar-refractivity contribution in [2.24, 2.45) is 86.8 Å². The number of hydrogen-bond acceptors (Lipinski definition) is 9. The molecule has 76 heavy (non-hydrogen) atoms. The molecule has 408 valence electrons. The lowest BCUT2D eigenvalue weighted by atomic mass is 9.32. The minimum atomic E-state index is -1.71. The van der Waals surface area contributed by atoms with Gasteiger partial charge in [0.05, 0.1) is 29.3 Å². The molecule has 0 amide bonds. The number of carbonyl (C=O) groups excluding carboxylic acids is 2. The van der Waals surface area contributed by atoms with Crippen molar-refractivity contribution >= 4 is 12.3 Å². The zero-order valence-corrected chi connectivity index (χ0v) is 45.7.